The van der Waals surface area contributed by atoms with Gasteiger partial charge in [-0.3, -0.25) is 0 Å². The third-order valence-corrected chi connectivity index (χ3v) is 0. The molecular weight excluding hydrogens is 165 g/mol. The van der Waals surface area contributed by atoms with Gasteiger partial charge in [0.05, 0.1) is 0 Å². The van der Waals surface area contributed by atoms with Crippen molar-refractivity contribution in [1.29, 1.82) is 0 Å². The van der Waals surface area contributed by atoms with Crippen LogP contribution in [0.5, 0.6) is 0 Å². The summed E-state index contributed by atoms with van der Waals surface area (Å²) in [6.45, 7) is 0. The Morgan fingerprint density at radius 2 is 0.800 bits per heavy atom. The molecule has 0 aliphatic heterocycles. The molecule has 3 radical (unpaired) electrons. The molecule has 0 atom stereocenters. The van der Waals surface area contributed by atoms with Crippen LogP contribution in [0.15, 0.2) is 0 Å². The van der Waals surface area contributed by atoms with Gasteiger partial charge in [0.15, 0.2) is 0 Å². The van der Waals surface area contributed by atoms with Gasteiger partial charge in [0.2, 0.25) is 0 Å². The molecule has 29 valence electrons. The molecule has 5 heteroatoms. The van der Waals surface area contributed by atoms with Gasteiger partial charge in [-0.1, -0.05) is 0 Å². The Morgan fingerprint density at radius 3 is 0.800 bits per heavy atom. The van der Waals surface area contributed by atoms with E-state index in [-0.39, 0.29) is 0 Å². The molecule has 0 aliphatic carbocycles. The van der Waals surface area contributed by atoms with E-state index in [2.05, 4.69) is 0 Å². The monoisotopic (exact) mass is 163 g/mol. The van der Waals surface area contributed by atoms with Crippen molar-refractivity contribution in [3.05, 3.63) is 0 Å². The van der Waals surface area contributed by atoms with Gasteiger partial charge in [0.25, 0.3) is 0 Å². The first-order valence-electron chi connectivity index (χ1n) is 1.51. The van der Waals surface area contributed by atoms with Crippen LogP contribution >= 0.6 is 31.6 Å². The molecule has 0 nitrogen and oxygen atoms in total. The third kappa shape index (κ3) is 22.8. The Hall–Kier alpha value is 2.16. The Balaban J connectivity index is 3.02. The van der Waals surface area contributed by atoms with Crippen molar-refractivity contribution in [2.45, 2.75) is 0 Å². The summed E-state index contributed by atoms with van der Waals surface area (Å²) >= 11 is -3.39. The summed E-state index contributed by atoms with van der Waals surface area (Å²) < 4.78 is 0. The summed E-state index contributed by atoms with van der Waals surface area (Å²) in [5.41, 5.74) is 0. The first kappa shape index (κ1) is 7.16. The van der Waals surface area contributed by atoms with Gasteiger partial charge in [-0.05, 0) is 0 Å². The van der Waals surface area contributed by atoms with Crippen molar-refractivity contribution < 1.29 is 0 Å². The molecule has 0 aromatic carbocycles. The van der Waals surface area contributed by atoms with Crippen molar-refractivity contribution in [1.82, 2.24) is 0 Å². The van der Waals surface area contributed by atoms with Crippen LogP contribution in [0.3, 0.4) is 0 Å². The van der Waals surface area contributed by atoms with E-state index in [1.807, 2.05) is 0 Å². The SMILES string of the molecule is [Cl][Na]([Cl])([Cl])[Cl]. The minimum atomic E-state index is -3.39. The van der Waals surface area contributed by atoms with Crippen LogP contribution in [0.2, 0.25) is 0 Å². The van der Waals surface area contributed by atoms with Crippen LogP contribution in [-0.2, 0) is 0 Å². The van der Waals surface area contributed by atoms with Crippen LogP contribution in [0.4, 0.5) is 0 Å². The Labute approximate surface area is 48.7 Å². The average molecular weight is 165 g/mol. The maximum absolute atomic E-state index is 5.05. The Kier molecular flexibility index (Phi) is 3.53. The van der Waals surface area contributed by atoms with Gasteiger partial charge in [0, 0.05) is 0 Å². The topological polar surface area (TPSA) is 0 Å². The maximum atomic E-state index is 5.05. The fraction of sp³-hybridized carbons (Fsp3) is 0. The molecule has 0 bridgehead atoms. The van der Waals surface area contributed by atoms with Crippen LogP contribution in [0, 0.1) is 0 Å². The predicted octanol–water partition coefficient (Wildman–Crippen LogP) is 2.38. The molecule has 0 fully saturated rings. The zero-order chi connectivity index (χ0) is 4.50. The van der Waals surface area contributed by atoms with E-state index in [4.69, 9.17) is 31.6 Å². The molecule has 5 heavy (non-hydrogen) atoms. The second-order valence-corrected chi connectivity index (χ2v) is 23.1. The van der Waals surface area contributed by atoms with Gasteiger partial charge in [-0.2, -0.15) is 0 Å². The summed E-state index contributed by atoms with van der Waals surface area (Å²) in [5.74, 6) is 0. The summed E-state index contributed by atoms with van der Waals surface area (Å²) in [4.78, 5) is 0. The predicted molar refractivity (Wildman–Crippen MR) is 29.2 cm³/mol. The Morgan fingerprint density at radius 1 is 0.800 bits per heavy atom. The van der Waals surface area contributed by atoms with Crippen LogP contribution in [0.1, 0.15) is 0 Å². The first-order chi connectivity index (χ1) is 2.00. The fourth-order valence-electron chi connectivity index (χ4n) is 0. The van der Waals surface area contributed by atoms with E-state index >= 15 is 0 Å². The summed E-state index contributed by atoms with van der Waals surface area (Å²) in [5, 5.41) is 0. The van der Waals surface area contributed by atoms with E-state index in [0.717, 1.165) is 0 Å². The average Bonchev–Trinajstić information content (AvgIpc) is 0.722. The van der Waals surface area contributed by atoms with Crippen molar-refractivity contribution >= 4 is 49.5 Å². The van der Waals surface area contributed by atoms with Gasteiger partial charge in [-0.25, -0.2) is 0 Å². The molecule has 0 saturated carbocycles. The van der Waals surface area contributed by atoms with Crippen LogP contribution in [-0.4, -0.2) is 17.9 Å². The van der Waals surface area contributed by atoms with E-state index in [1.165, 1.54) is 0 Å². The van der Waals surface area contributed by atoms with Crippen LogP contribution < -0.4 is 0 Å². The fourth-order valence-corrected chi connectivity index (χ4v) is 0. The van der Waals surface area contributed by atoms with Gasteiger partial charge < -0.3 is 0 Å². The molecule has 0 aromatic heterocycles. The molecule has 0 amide bonds. The molecule has 0 heterocycles. The zero-order valence-electron chi connectivity index (χ0n) is 2.51. The van der Waals surface area contributed by atoms with E-state index in [1.54, 1.807) is 0 Å². The normalized spacial score (nSPS) is 12.0. The molecule has 0 aromatic rings. The third-order valence-electron chi connectivity index (χ3n) is 0. The first-order valence-corrected chi connectivity index (χ1v) is 13.6. The van der Waals surface area contributed by atoms with E-state index in [0.29, 0.717) is 0 Å². The zero-order valence-corrected chi connectivity index (χ0v) is 7.54. The molecule has 0 aliphatic rings. The molecule has 0 saturated heterocycles. The van der Waals surface area contributed by atoms with Gasteiger partial charge in [0.1, 0.15) is 0 Å². The number of hydrogen-bond donors (Lipinski definition) is 0. The second kappa shape index (κ2) is 2.46. The quantitative estimate of drug-likeness (QED) is 0.483. The molecule has 0 spiro atoms. The van der Waals surface area contributed by atoms with Crippen molar-refractivity contribution in [3.8, 4) is 0 Å². The molecule has 0 rings (SSSR count). The molecular formula is Cl4Na. The standard InChI is InChI=1S/4ClH.Na/h4*1H;/q;;;;+4/p-4. The van der Waals surface area contributed by atoms with E-state index < -0.39 is 17.9 Å². The summed E-state index contributed by atoms with van der Waals surface area (Å²) in [6, 6.07) is 0. The van der Waals surface area contributed by atoms with E-state index in [9.17, 15) is 0 Å². The van der Waals surface area contributed by atoms with Gasteiger partial charge >= 0.3 is 49.5 Å². The van der Waals surface area contributed by atoms with Crippen molar-refractivity contribution in [2.24, 2.45) is 0 Å². The second-order valence-electron chi connectivity index (χ2n) is 0.857. The molecule has 0 unspecified atom stereocenters. The van der Waals surface area contributed by atoms with Crippen LogP contribution in [0.25, 0.3) is 0 Å². The van der Waals surface area contributed by atoms with Gasteiger partial charge in [-0.15, -0.1) is 0 Å². The van der Waals surface area contributed by atoms with Crippen molar-refractivity contribution in [2.75, 3.05) is 0 Å². The molecule has 0 N–H and O–H groups in total. The number of hydrogen-bond acceptors (Lipinski definition) is 0. The Bertz CT molecular complexity index is 19.1. The minimum absolute atomic E-state index is 3.39. The number of rotatable bonds is 0. The summed E-state index contributed by atoms with van der Waals surface area (Å²) in [6.07, 6.45) is 0. The number of halogens is 4. The van der Waals surface area contributed by atoms with Crippen molar-refractivity contribution in [3.63, 3.8) is 0 Å². The summed E-state index contributed by atoms with van der Waals surface area (Å²) in [7, 11) is 20.2.